The van der Waals surface area contributed by atoms with Gasteiger partial charge in [0.1, 0.15) is 5.51 Å². The van der Waals surface area contributed by atoms with E-state index in [1.165, 1.54) is 28.0 Å². The minimum Gasteiger partial charge on any atom is -0.473 e. The van der Waals surface area contributed by atoms with Gasteiger partial charge in [-0.15, -0.1) is 10.2 Å². The topological polar surface area (TPSA) is 151 Å². The van der Waals surface area contributed by atoms with Crippen LogP contribution >= 0.6 is 11.3 Å². The lowest BCUT2D eigenvalue weighted by Crippen LogP contribution is -2.39. The first kappa shape index (κ1) is 24.3. The summed E-state index contributed by atoms with van der Waals surface area (Å²) < 4.78 is 2.28. The van der Waals surface area contributed by atoms with Crippen molar-refractivity contribution in [1.82, 2.24) is 24.6 Å². The number of hydrogen-bond acceptors (Lipinski definition) is 8. The molecule has 1 aliphatic rings. The number of aryl methyl sites for hydroxylation is 2. The van der Waals surface area contributed by atoms with E-state index >= 15 is 0 Å². The first-order valence-electron chi connectivity index (χ1n) is 10.4. The largest absolute Gasteiger partial charge is 0.473 e. The highest BCUT2D eigenvalue weighted by molar-refractivity contribution is 7.13. The van der Waals surface area contributed by atoms with Crippen LogP contribution in [0.5, 0.6) is 0 Å². The Hall–Kier alpha value is -3.38. The molecule has 1 fully saturated rings. The number of rotatable bonds is 5. The zero-order valence-electron chi connectivity index (χ0n) is 18.4. The molecular weight excluding hydrogens is 448 g/mol. The van der Waals surface area contributed by atoms with Crippen molar-refractivity contribution in [2.24, 2.45) is 5.92 Å². The third kappa shape index (κ3) is 6.80. The summed E-state index contributed by atoms with van der Waals surface area (Å²) in [5.74, 6) is -3.05. The summed E-state index contributed by atoms with van der Waals surface area (Å²) in [4.78, 5) is 37.1. The van der Waals surface area contributed by atoms with Gasteiger partial charge in [0.05, 0.1) is 23.9 Å². The third-order valence-electron chi connectivity index (χ3n) is 5.56. The molecule has 33 heavy (non-hydrogen) atoms. The van der Waals surface area contributed by atoms with Crippen LogP contribution in [0.2, 0.25) is 0 Å². The highest BCUT2D eigenvalue weighted by atomic mass is 32.1. The second-order valence-corrected chi connectivity index (χ2v) is 8.78. The van der Waals surface area contributed by atoms with Crippen LogP contribution < -0.4 is 5.32 Å². The number of amides is 1. The minimum atomic E-state index is -1.82. The number of nitrogens with zero attached hydrogens (tertiary/aromatic N) is 5. The maximum absolute atomic E-state index is 12.1. The van der Waals surface area contributed by atoms with Gasteiger partial charge in [-0.1, -0.05) is 11.3 Å². The zero-order valence-corrected chi connectivity index (χ0v) is 19.2. The van der Waals surface area contributed by atoms with Crippen LogP contribution in [0.25, 0.3) is 11.0 Å². The highest BCUT2D eigenvalue weighted by Crippen LogP contribution is 2.23. The van der Waals surface area contributed by atoms with Crippen molar-refractivity contribution in [1.29, 1.82) is 0 Å². The van der Waals surface area contributed by atoms with Gasteiger partial charge in [0.25, 0.3) is 0 Å². The number of aromatic nitrogens is 4. The maximum Gasteiger partial charge on any atom is 0.414 e. The molecule has 0 saturated carbocycles. The zero-order chi connectivity index (χ0) is 24.0. The van der Waals surface area contributed by atoms with Crippen molar-refractivity contribution in [3.63, 3.8) is 0 Å². The molecule has 3 heterocycles. The van der Waals surface area contributed by atoms with E-state index in [0.29, 0.717) is 17.6 Å². The summed E-state index contributed by atoms with van der Waals surface area (Å²) in [7, 11) is 0. The van der Waals surface area contributed by atoms with Gasteiger partial charge in [-0.25, -0.2) is 14.6 Å². The number of aliphatic carboxylic acids is 2. The summed E-state index contributed by atoms with van der Waals surface area (Å²) in [6.45, 7) is 7.57. The van der Waals surface area contributed by atoms with Gasteiger partial charge in [-0.2, -0.15) is 0 Å². The van der Waals surface area contributed by atoms with E-state index in [1.807, 2.05) is 6.33 Å². The van der Waals surface area contributed by atoms with Crippen LogP contribution in [0.15, 0.2) is 24.0 Å². The number of imidazole rings is 1. The molecule has 3 N–H and O–H groups in total. The molecule has 176 valence electrons. The highest BCUT2D eigenvalue weighted by Gasteiger charge is 2.22. The predicted molar refractivity (Wildman–Crippen MR) is 122 cm³/mol. The van der Waals surface area contributed by atoms with Crippen LogP contribution in [0, 0.1) is 19.8 Å². The quantitative estimate of drug-likeness (QED) is 0.472. The van der Waals surface area contributed by atoms with E-state index in [-0.39, 0.29) is 5.91 Å². The molecule has 1 saturated heterocycles. The number of anilines is 1. The SMILES string of the molecule is Cc1cc2ncn(CC3CCN(CC(=O)Nc4nncs4)CC3)c2cc1C.O=C(O)C(=O)O. The molecule has 0 aliphatic carbocycles. The lowest BCUT2D eigenvalue weighted by molar-refractivity contribution is -0.159. The predicted octanol–water partition coefficient (Wildman–Crippen LogP) is 2.01. The molecule has 0 radical (unpaired) electrons. The Balaban J connectivity index is 0.000000454. The number of hydrogen-bond donors (Lipinski definition) is 3. The van der Waals surface area contributed by atoms with Crippen LogP contribution in [-0.2, 0) is 20.9 Å². The number of fused-ring (bicyclic) bond motifs is 1. The van der Waals surface area contributed by atoms with E-state index in [9.17, 15) is 4.79 Å². The molecule has 12 heteroatoms. The number of carbonyl (C=O) groups is 3. The molecule has 4 rings (SSSR count). The molecule has 3 aromatic rings. The summed E-state index contributed by atoms with van der Waals surface area (Å²) in [6.07, 6.45) is 4.15. The second-order valence-electron chi connectivity index (χ2n) is 7.94. The van der Waals surface area contributed by atoms with Crippen molar-refractivity contribution < 1.29 is 24.6 Å². The van der Waals surface area contributed by atoms with E-state index < -0.39 is 11.9 Å². The van der Waals surface area contributed by atoms with Crippen LogP contribution in [0.4, 0.5) is 5.13 Å². The standard InChI is InChI=1S/C19H24N6OS.C2H2O4/c1-13-7-16-17(8-14(13)2)25(11-20-16)9-15-3-5-24(6-4-15)10-18(26)22-19-23-21-12-27-19;3-1(4)2(5)6/h7-8,11-12,15H,3-6,9-10H2,1-2H3,(H,22,23,26);(H,3,4)(H,5,6). The molecule has 0 spiro atoms. The van der Waals surface area contributed by atoms with Gasteiger partial charge in [0, 0.05) is 6.54 Å². The van der Waals surface area contributed by atoms with Gasteiger partial charge in [0.2, 0.25) is 11.0 Å². The van der Waals surface area contributed by atoms with Gasteiger partial charge in [-0.3, -0.25) is 15.0 Å². The Morgan fingerprint density at radius 3 is 2.39 bits per heavy atom. The van der Waals surface area contributed by atoms with Crippen LogP contribution in [-0.4, -0.2) is 72.3 Å². The number of carbonyl (C=O) groups excluding carboxylic acids is 1. The molecule has 0 atom stereocenters. The lowest BCUT2D eigenvalue weighted by Gasteiger charge is -2.31. The van der Waals surface area contributed by atoms with Crippen molar-refractivity contribution in [2.75, 3.05) is 25.0 Å². The average Bonchev–Trinajstić information content (AvgIpc) is 3.40. The number of benzene rings is 1. The molecule has 0 bridgehead atoms. The Labute approximate surface area is 194 Å². The van der Waals surface area contributed by atoms with Crippen LogP contribution in [0.1, 0.15) is 24.0 Å². The van der Waals surface area contributed by atoms with Gasteiger partial charge < -0.3 is 14.8 Å². The number of nitrogens with one attached hydrogen (secondary N) is 1. The first-order chi connectivity index (χ1) is 15.7. The van der Waals surface area contributed by atoms with E-state index in [1.54, 1.807) is 5.51 Å². The summed E-state index contributed by atoms with van der Waals surface area (Å²) in [5, 5.41) is 25.7. The van der Waals surface area contributed by atoms with Crippen molar-refractivity contribution in [2.45, 2.75) is 33.2 Å². The van der Waals surface area contributed by atoms with Gasteiger partial charge in [-0.05, 0) is 69.0 Å². The lowest BCUT2D eigenvalue weighted by atomic mass is 9.96. The monoisotopic (exact) mass is 474 g/mol. The van der Waals surface area contributed by atoms with Crippen molar-refractivity contribution >= 4 is 45.3 Å². The van der Waals surface area contributed by atoms with Gasteiger partial charge >= 0.3 is 11.9 Å². The summed E-state index contributed by atoms with van der Waals surface area (Å²) >= 11 is 1.34. The van der Waals surface area contributed by atoms with E-state index in [0.717, 1.165) is 38.0 Å². The molecule has 0 unspecified atom stereocenters. The summed E-state index contributed by atoms with van der Waals surface area (Å²) in [6, 6.07) is 4.41. The Bertz CT molecular complexity index is 1110. The molecule has 1 aliphatic heterocycles. The fourth-order valence-corrected chi connectivity index (χ4v) is 4.11. The van der Waals surface area contributed by atoms with Crippen molar-refractivity contribution in [3.05, 3.63) is 35.1 Å². The number of piperidine rings is 1. The molecule has 1 amide bonds. The summed E-state index contributed by atoms with van der Waals surface area (Å²) in [5.41, 5.74) is 6.50. The minimum absolute atomic E-state index is 0.0170. The molecule has 2 aromatic heterocycles. The Kier molecular flexibility index (Phi) is 8.06. The second kappa shape index (κ2) is 11.0. The number of likely N-dealkylation sites (tertiary alicyclic amines) is 1. The normalized spacial score (nSPS) is 14.5. The van der Waals surface area contributed by atoms with Crippen LogP contribution in [0.3, 0.4) is 0 Å². The number of carboxylic acids is 2. The molecular formula is C21H26N6O5S. The number of carboxylic acid groups (broad SMARTS) is 2. The average molecular weight is 475 g/mol. The molecule has 11 nitrogen and oxygen atoms in total. The smallest absolute Gasteiger partial charge is 0.414 e. The molecule has 1 aromatic carbocycles. The van der Waals surface area contributed by atoms with E-state index in [4.69, 9.17) is 19.8 Å². The fourth-order valence-electron chi connectivity index (χ4n) is 3.65. The Morgan fingerprint density at radius 1 is 1.12 bits per heavy atom. The Morgan fingerprint density at radius 2 is 1.79 bits per heavy atom. The van der Waals surface area contributed by atoms with Gasteiger partial charge in [0.15, 0.2) is 0 Å². The fraction of sp³-hybridized carbons (Fsp3) is 0.429. The van der Waals surface area contributed by atoms with E-state index in [2.05, 4.69) is 55.9 Å². The third-order valence-corrected chi connectivity index (χ3v) is 6.16. The first-order valence-corrected chi connectivity index (χ1v) is 11.3. The maximum atomic E-state index is 12.1. The van der Waals surface area contributed by atoms with Crippen molar-refractivity contribution in [3.8, 4) is 0 Å².